The van der Waals surface area contributed by atoms with Crippen LogP contribution in [0.15, 0.2) is 18.2 Å². The van der Waals surface area contributed by atoms with E-state index in [1.54, 1.807) is 6.07 Å². The summed E-state index contributed by atoms with van der Waals surface area (Å²) in [4.78, 5) is 2.13. The van der Waals surface area contributed by atoms with Gasteiger partial charge in [0.15, 0.2) is 0 Å². The number of para-hydroxylation sites is 1. The summed E-state index contributed by atoms with van der Waals surface area (Å²) in [6, 6.07) is 5.05. The van der Waals surface area contributed by atoms with Crippen molar-refractivity contribution in [3.63, 3.8) is 0 Å². The monoisotopic (exact) mass is 254 g/mol. The molecule has 1 aromatic carbocycles. The zero-order chi connectivity index (χ0) is 12.4. The summed E-state index contributed by atoms with van der Waals surface area (Å²) in [7, 11) is 0. The third kappa shape index (κ3) is 2.75. The highest BCUT2D eigenvalue weighted by molar-refractivity contribution is 8.00. The lowest BCUT2D eigenvalue weighted by Crippen LogP contribution is -2.38. The SMILES string of the molecule is CC1CN(c2c(F)cccc2C(C)N)CCS1. The molecule has 0 saturated carbocycles. The molecule has 2 rings (SSSR count). The lowest BCUT2D eigenvalue weighted by Gasteiger charge is -2.34. The van der Waals surface area contributed by atoms with Crippen molar-refractivity contribution < 1.29 is 4.39 Å². The van der Waals surface area contributed by atoms with Crippen LogP contribution in [0, 0.1) is 5.82 Å². The van der Waals surface area contributed by atoms with Gasteiger partial charge in [0.25, 0.3) is 0 Å². The van der Waals surface area contributed by atoms with Crippen LogP contribution in [0.5, 0.6) is 0 Å². The molecule has 0 aromatic heterocycles. The molecular formula is C13H19FN2S. The molecule has 1 aliphatic rings. The Labute approximate surface area is 106 Å². The highest BCUT2D eigenvalue weighted by Crippen LogP contribution is 2.31. The molecule has 2 nitrogen and oxygen atoms in total. The molecule has 2 atom stereocenters. The summed E-state index contributed by atoms with van der Waals surface area (Å²) in [5.74, 6) is 0.896. The van der Waals surface area contributed by atoms with E-state index in [4.69, 9.17) is 5.73 Å². The first-order valence-electron chi connectivity index (χ1n) is 6.00. The van der Waals surface area contributed by atoms with Crippen LogP contribution < -0.4 is 10.6 Å². The number of thioether (sulfide) groups is 1. The summed E-state index contributed by atoms with van der Waals surface area (Å²) in [6.07, 6.45) is 0. The summed E-state index contributed by atoms with van der Waals surface area (Å²) in [5.41, 5.74) is 7.54. The molecule has 0 amide bonds. The highest BCUT2D eigenvalue weighted by Gasteiger charge is 2.22. The molecule has 4 heteroatoms. The first-order chi connectivity index (χ1) is 8.09. The topological polar surface area (TPSA) is 29.3 Å². The summed E-state index contributed by atoms with van der Waals surface area (Å²) in [6.45, 7) is 5.88. The van der Waals surface area contributed by atoms with Crippen LogP contribution in [0.3, 0.4) is 0 Å². The smallest absolute Gasteiger partial charge is 0.146 e. The Hall–Kier alpha value is -0.740. The molecule has 1 saturated heterocycles. The van der Waals surface area contributed by atoms with E-state index in [2.05, 4.69) is 11.8 Å². The van der Waals surface area contributed by atoms with Crippen LogP contribution in [-0.4, -0.2) is 24.1 Å². The number of halogens is 1. The average molecular weight is 254 g/mol. The minimum atomic E-state index is -0.154. The van der Waals surface area contributed by atoms with Gasteiger partial charge in [-0.2, -0.15) is 11.8 Å². The molecule has 2 N–H and O–H groups in total. The van der Waals surface area contributed by atoms with E-state index in [9.17, 15) is 4.39 Å². The summed E-state index contributed by atoms with van der Waals surface area (Å²) >= 11 is 1.94. The normalized spacial score (nSPS) is 22.6. The Balaban J connectivity index is 2.35. The second kappa shape index (κ2) is 5.27. The van der Waals surface area contributed by atoms with Gasteiger partial charge in [-0.15, -0.1) is 0 Å². The maximum absolute atomic E-state index is 14.0. The summed E-state index contributed by atoms with van der Waals surface area (Å²) < 4.78 is 14.0. The maximum Gasteiger partial charge on any atom is 0.146 e. The zero-order valence-electron chi connectivity index (χ0n) is 10.3. The fourth-order valence-corrected chi connectivity index (χ4v) is 3.27. The molecular weight excluding hydrogens is 235 g/mol. The van der Waals surface area contributed by atoms with Gasteiger partial charge in [0.1, 0.15) is 5.82 Å². The van der Waals surface area contributed by atoms with E-state index >= 15 is 0 Å². The molecule has 94 valence electrons. The Kier molecular flexibility index (Phi) is 3.94. The first kappa shape index (κ1) is 12.7. The molecule has 1 heterocycles. The van der Waals surface area contributed by atoms with Gasteiger partial charge in [-0.1, -0.05) is 19.1 Å². The largest absolute Gasteiger partial charge is 0.367 e. The van der Waals surface area contributed by atoms with Crippen LogP contribution in [0.25, 0.3) is 0 Å². The van der Waals surface area contributed by atoms with Crippen molar-refractivity contribution in [3.8, 4) is 0 Å². The van der Waals surface area contributed by atoms with Crippen molar-refractivity contribution in [2.45, 2.75) is 25.1 Å². The van der Waals surface area contributed by atoms with E-state index in [1.807, 2.05) is 24.8 Å². The van der Waals surface area contributed by atoms with Crippen LogP contribution >= 0.6 is 11.8 Å². The van der Waals surface area contributed by atoms with Crippen LogP contribution in [-0.2, 0) is 0 Å². The Morgan fingerprint density at radius 2 is 2.29 bits per heavy atom. The van der Waals surface area contributed by atoms with Gasteiger partial charge in [0.2, 0.25) is 0 Å². The lowest BCUT2D eigenvalue weighted by atomic mass is 10.0. The molecule has 0 aliphatic carbocycles. The number of nitrogens with zero attached hydrogens (tertiary/aromatic N) is 1. The minimum absolute atomic E-state index is 0.134. The van der Waals surface area contributed by atoms with E-state index in [1.165, 1.54) is 6.07 Å². The molecule has 17 heavy (non-hydrogen) atoms. The summed E-state index contributed by atoms with van der Waals surface area (Å²) in [5, 5.41) is 0.546. The van der Waals surface area contributed by atoms with E-state index in [-0.39, 0.29) is 11.9 Å². The molecule has 2 unspecified atom stereocenters. The molecule has 1 aromatic rings. The molecule has 1 aliphatic heterocycles. The van der Waals surface area contributed by atoms with Crippen molar-refractivity contribution in [2.75, 3.05) is 23.7 Å². The zero-order valence-corrected chi connectivity index (χ0v) is 11.1. The van der Waals surface area contributed by atoms with Crippen molar-refractivity contribution in [1.29, 1.82) is 0 Å². The maximum atomic E-state index is 14.0. The predicted octanol–water partition coefficient (Wildman–Crippen LogP) is 2.79. The van der Waals surface area contributed by atoms with Crippen molar-refractivity contribution in [2.24, 2.45) is 5.73 Å². The Bertz CT molecular complexity index is 395. The second-order valence-electron chi connectivity index (χ2n) is 4.59. The third-order valence-electron chi connectivity index (χ3n) is 3.07. The van der Waals surface area contributed by atoms with Gasteiger partial charge >= 0.3 is 0 Å². The third-order valence-corrected chi connectivity index (χ3v) is 4.20. The van der Waals surface area contributed by atoms with Gasteiger partial charge in [-0.3, -0.25) is 0 Å². The van der Waals surface area contributed by atoms with E-state index < -0.39 is 0 Å². The first-order valence-corrected chi connectivity index (χ1v) is 7.05. The van der Waals surface area contributed by atoms with Crippen molar-refractivity contribution in [1.82, 2.24) is 0 Å². The number of hydrogen-bond acceptors (Lipinski definition) is 3. The van der Waals surface area contributed by atoms with Crippen LogP contribution in [0.2, 0.25) is 0 Å². The average Bonchev–Trinajstić information content (AvgIpc) is 2.28. The molecule has 1 fully saturated rings. The lowest BCUT2D eigenvalue weighted by molar-refractivity contribution is 0.609. The van der Waals surface area contributed by atoms with E-state index in [0.717, 1.165) is 24.4 Å². The van der Waals surface area contributed by atoms with Gasteiger partial charge in [0, 0.05) is 30.1 Å². The highest BCUT2D eigenvalue weighted by atomic mass is 32.2. The van der Waals surface area contributed by atoms with Crippen molar-refractivity contribution in [3.05, 3.63) is 29.6 Å². The van der Waals surface area contributed by atoms with E-state index in [0.29, 0.717) is 10.9 Å². The second-order valence-corrected chi connectivity index (χ2v) is 6.14. The fraction of sp³-hybridized carbons (Fsp3) is 0.538. The number of rotatable bonds is 2. The van der Waals surface area contributed by atoms with Crippen LogP contribution in [0.4, 0.5) is 10.1 Å². The number of benzene rings is 1. The van der Waals surface area contributed by atoms with Gasteiger partial charge in [-0.05, 0) is 18.6 Å². The standard InChI is InChI=1S/C13H19FN2S/c1-9-8-16(6-7-17-9)13-11(10(2)15)4-3-5-12(13)14/h3-5,9-10H,6-8,15H2,1-2H3. The van der Waals surface area contributed by atoms with Crippen LogP contribution in [0.1, 0.15) is 25.5 Å². The number of anilines is 1. The van der Waals surface area contributed by atoms with Crippen molar-refractivity contribution >= 4 is 17.4 Å². The van der Waals surface area contributed by atoms with Gasteiger partial charge in [0.05, 0.1) is 5.69 Å². The number of nitrogens with two attached hydrogens (primary N) is 1. The molecule has 0 spiro atoms. The Morgan fingerprint density at radius 3 is 2.94 bits per heavy atom. The van der Waals surface area contributed by atoms with Gasteiger partial charge in [-0.25, -0.2) is 4.39 Å². The quantitative estimate of drug-likeness (QED) is 0.880. The molecule has 0 bridgehead atoms. The fourth-order valence-electron chi connectivity index (χ4n) is 2.25. The Morgan fingerprint density at radius 1 is 1.53 bits per heavy atom. The van der Waals surface area contributed by atoms with Gasteiger partial charge < -0.3 is 10.6 Å². The predicted molar refractivity (Wildman–Crippen MR) is 73.1 cm³/mol. The molecule has 0 radical (unpaired) electrons. The number of hydrogen-bond donors (Lipinski definition) is 1. The minimum Gasteiger partial charge on any atom is -0.367 e.